The Hall–Kier alpha value is -0.570. The SMILES string of the molecule is CC1CC(C(=O)c2cc(Cl)ccc2Cl)CO1. The van der Waals surface area contributed by atoms with Crippen molar-refractivity contribution in [2.75, 3.05) is 6.61 Å². The third-order valence-electron chi connectivity index (χ3n) is 2.76. The lowest BCUT2D eigenvalue weighted by atomic mass is 9.95. The minimum absolute atomic E-state index is 0.0249. The van der Waals surface area contributed by atoms with Crippen molar-refractivity contribution in [3.8, 4) is 0 Å². The maximum absolute atomic E-state index is 12.1. The molecule has 1 saturated heterocycles. The van der Waals surface area contributed by atoms with Crippen LogP contribution in [-0.4, -0.2) is 18.5 Å². The maximum atomic E-state index is 12.1. The van der Waals surface area contributed by atoms with Gasteiger partial charge in [0.05, 0.1) is 17.7 Å². The lowest BCUT2D eigenvalue weighted by Crippen LogP contribution is -2.15. The monoisotopic (exact) mass is 258 g/mol. The molecule has 1 fully saturated rings. The summed E-state index contributed by atoms with van der Waals surface area (Å²) < 4.78 is 5.38. The average Bonchev–Trinajstić information content (AvgIpc) is 2.67. The van der Waals surface area contributed by atoms with E-state index in [9.17, 15) is 4.79 Å². The lowest BCUT2D eigenvalue weighted by molar-refractivity contribution is 0.0878. The fourth-order valence-corrected chi connectivity index (χ4v) is 2.29. The summed E-state index contributed by atoms with van der Waals surface area (Å²) in [5.74, 6) is -0.0668. The third kappa shape index (κ3) is 2.40. The van der Waals surface area contributed by atoms with Crippen LogP contribution in [0.2, 0.25) is 10.0 Å². The number of ketones is 1. The van der Waals surface area contributed by atoms with Gasteiger partial charge in [-0.1, -0.05) is 23.2 Å². The van der Waals surface area contributed by atoms with Crippen LogP contribution in [0.15, 0.2) is 18.2 Å². The zero-order chi connectivity index (χ0) is 11.7. The minimum Gasteiger partial charge on any atom is -0.378 e. The zero-order valence-electron chi connectivity index (χ0n) is 8.87. The zero-order valence-corrected chi connectivity index (χ0v) is 10.4. The number of rotatable bonds is 2. The predicted octanol–water partition coefficient (Wildman–Crippen LogP) is 3.60. The number of Topliss-reactive ketones (excluding diaryl/α,β-unsaturated/α-hetero) is 1. The first-order chi connectivity index (χ1) is 7.58. The van der Waals surface area contributed by atoms with Crippen molar-refractivity contribution in [3.05, 3.63) is 33.8 Å². The standard InChI is InChI=1S/C12H12Cl2O2/c1-7-4-8(6-16-7)12(15)10-5-9(13)2-3-11(10)14/h2-3,5,7-8H,4,6H2,1H3. The van der Waals surface area contributed by atoms with Gasteiger partial charge in [-0.15, -0.1) is 0 Å². The van der Waals surface area contributed by atoms with Gasteiger partial charge < -0.3 is 4.74 Å². The Morgan fingerprint density at radius 1 is 1.44 bits per heavy atom. The maximum Gasteiger partial charge on any atom is 0.169 e. The van der Waals surface area contributed by atoms with Gasteiger partial charge in [-0.25, -0.2) is 0 Å². The second-order valence-corrected chi connectivity index (χ2v) is 4.91. The molecule has 0 spiro atoms. The highest BCUT2D eigenvalue weighted by molar-refractivity contribution is 6.36. The number of carbonyl (C=O) groups excluding carboxylic acids is 1. The van der Waals surface area contributed by atoms with E-state index in [4.69, 9.17) is 27.9 Å². The van der Waals surface area contributed by atoms with E-state index in [0.717, 1.165) is 6.42 Å². The highest BCUT2D eigenvalue weighted by Gasteiger charge is 2.30. The predicted molar refractivity (Wildman–Crippen MR) is 64.3 cm³/mol. The summed E-state index contributed by atoms with van der Waals surface area (Å²) in [4.78, 5) is 12.1. The molecule has 2 unspecified atom stereocenters. The molecule has 1 heterocycles. The van der Waals surface area contributed by atoms with Gasteiger partial charge in [0.1, 0.15) is 0 Å². The summed E-state index contributed by atoms with van der Waals surface area (Å²) in [5.41, 5.74) is 0.497. The molecule has 0 radical (unpaired) electrons. The molecule has 0 saturated carbocycles. The summed E-state index contributed by atoms with van der Waals surface area (Å²) in [6.45, 7) is 2.44. The van der Waals surface area contributed by atoms with E-state index in [2.05, 4.69) is 0 Å². The molecule has 2 rings (SSSR count). The third-order valence-corrected chi connectivity index (χ3v) is 3.33. The quantitative estimate of drug-likeness (QED) is 0.758. The van der Waals surface area contributed by atoms with Crippen molar-refractivity contribution in [2.24, 2.45) is 5.92 Å². The Morgan fingerprint density at radius 2 is 2.19 bits per heavy atom. The summed E-state index contributed by atoms with van der Waals surface area (Å²) in [5, 5.41) is 0.980. The van der Waals surface area contributed by atoms with E-state index in [1.54, 1.807) is 18.2 Å². The van der Waals surface area contributed by atoms with Gasteiger partial charge in [-0.3, -0.25) is 4.79 Å². The van der Waals surface area contributed by atoms with E-state index < -0.39 is 0 Å². The molecule has 1 aromatic rings. The van der Waals surface area contributed by atoms with Crippen LogP contribution in [0, 0.1) is 5.92 Å². The molecule has 86 valence electrons. The number of hydrogen-bond acceptors (Lipinski definition) is 2. The van der Waals surface area contributed by atoms with Crippen molar-refractivity contribution in [3.63, 3.8) is 0 Å². The van der Waals surface area contributed by atoms with Crippen LogP contribution in [0.5, 0.6) is 0 Å². The molecule has 0 bridgehead atoms. The van der Waals surface area contributed by atoms with Gasteiger partial charge in [0.15, 0.2) is 5.78 Å². The molecule has 0 aromatic heterocycles. The fraction of sp³-hybridized carbons (Fsp3) is 0.417. The fourth-order valence-electron chi connectivity index (χ4n) is 1.91. The van der Waals surface area contributed by atoms with E-state index in [-0.39, 0.29) is 17.8 Å². The second-order valence-electron chi connectivity index (χ2n) is 4.06. The van der Waals surface area contributed by atoms with Gasteiger partial charge in [-0.2, -0.15) is 0 Å². The molecule has 0 aliphatic carbocycles. The Labute approximate surface area is 104 Å². The first kappa shape index (κ1) is 11.9. The van der Waals surface area contributed by atoms with Crippen molar-refractivity contribution < 1.29 is 9.53 Å². The van der Waals surface area contributed by atoms with Gasteiger partial charge in [0, 0.05) is 16.5 Å². The number of halogens is 2. The Morgan fingerprint density at radius 3 is 2.81 bits per heavy atom. The highest BCUT2D eigenvalue weighted by atomic mass is 35.5. The van der Waals surface area contributed by atoms with E-state index in [1.165, 1.54) is 0 Å². The summed E-state index contributed by atoms with van der Waals surface area (Å²) in [6.07, 6.45) is 0.897. The van der Waals surface area contributed by atoms with Crippen LogP contribution in [0.3, 0.4) is 0 Å². The first-order valence-electron chi connectivity index (χ1n) is 5.19. The number of carbonyl (C=O) groups is 1. The Kier molecular flexibility index (Phi) is 3.53. The van der Waals surface area contributed by atoms with Crippen LogP contribution >= 0.6 is 23.2 Å². The van der Waals surface area contributed by atoms with Crippen molar-refractivity contribution in [1.82, 2.24) is 0 Å². The van der Waals surface area contributed by atoms with Crippen molar-refractivity contribution >= 4 is 29.0 Å². The smallest absolute Gasteiger partial charge is 0.169 e. The highest BCUT2D eigenvalue weighted by Crippen LogP contribution is 2.28. The molecule has 16 heavy (non-hydrogen) atoms. The molecule has 4 heteroatoms. The van der Waals surface area contributed by atoms with Crippen LogP contribution in [0.25, 0.3) is 0 Å². The lowest BCUT2D eigenvalue weighted by Gasteiger charge is -2.08. The van der Waals surface area contributed by atoms with Crippen molar-refractivity contribution in [1.29, 1.82) is 0 Å². The molecular formula is C12H12Cl2O2. The largest absolute Gasteiger partial charge is 0.378 e. The number of hydrogen-bond donors (Lipinski definition) is 0. The number of benzene rings is 1. The van der Waals surface area contributed by atoms with Crippen LogP contribution in [-0.2, 0) is 4.74 Å². The Balaban J connectivity index is 2.23. The van der Waals surface area contributed by atoms with E-state index in [1.807, 2.05) is 6.92 Å². The van der Waals surface area contributed by atoms with E-state index >= 15 is 0 Å². The molecule has 1 aliphatic rings. The molecule has 2 nitrogen and oxygen atoms in total. The normalized spacial score (nSPS) is 24.7. The Bertz CT molecular complexity index is 417. The van der Waals surface area contributed by atoms with Crippen LogP contribution < -0.4 is 0 Å². The average molecular weight is 259 g/mol. The summed E-state index contributed by atoms with van der Waals surface area (Å²) in [7, 11) is 0. The molecule has 1 aliphatic heterocycles. The van der Waals surface area contributed by atoms with Gasteiger partial charge in [0.25, 0.3) is 0 Å². The van der Waals surface area contributed by atoms with Gasteiger partial charge in [-0.05, 0) is 31.5 Å². The molecular weight excluding hydrogens is 247 g/mol. The molecule has 1 aromatic carbocycles. The molecule has 0 amide bonds. The van der Waals surface area contributed by atoms with Gasteiger partial charge in [0.2, 0.25) is 0 Å². The minimum atomic E-state index is -0.0917. The van der Waals surface area contributed by atoms with Crippen molar-refractivity contribution in [2.45, 2.75) is 19.4 Å². The van der Waals surface area contributed by atoms with Crippen LogP contribution in [0.1, 0.15) is 23.7 Å². The number of ether oxygens (including phenoxy) is 1. The summed E-state index contributed by atoms with van der Waals surface area (Å²) in [6, 6.07) is 4.94. The summed E-state index contributed by atoms with van der Waals surface area (Å²) >= 11 is 11.8. The van der Waals surface area contributed by atoms with E-state index in [0.29, 0.717) is 22.2 Å². The molecule has 0 N–H and O–H groups in total. The topological polar surface area (TPSA) is 26.3 Å². The van der Waals surface area contributed by atoms with Gasteiger partial charge >= 0.3 is 0 Å². The second kappa shape index (κ2) is 4.74. The van der Waals surface area contributed by atoms with Crippen LogP contribution in [0.4, 0.5) is 0 Å². The first-order valence-corrected chi connectivity index (χ1v) is 5.94. The molecule has 2 atom stereocenters.